The molecule has 0 fully saturated rings. The average Bonchev–Trinajstić information content (AvgIpc) is 2.62. The summed E-state index contributed by atoms with van der Waals surface area (Å²) >= 11 is 1.46. The van der Waals surface area contributed by atoms with E-state index in [0.29, 0.717) is 11.3 Å². The van der Waals surface area contributed by atoms with E-state index >= 15 is 0 Å². The molecule has 1 N–H and O–H groups in total. The van der Waals surface area contributed by atoms with E-state index in [1.807, 2.05) is 31.2 Å². The number of esters is 1. The lowest BCUT2D eigenvalue weighted by Gasteiger charge is -2.12. The van der Waals surface area contributed by atoms with Gasteiger partial charge in [0.25, 0.3) is 0 Å². The Morgan fingerprint density at radius 2 is 1.62 bits per heavy atom. The minimum atomic E-state index is -0.406. The SMILES string of the molecule is COC(=O)c1ccc(NC(=O)[C@H](C)Sc2ccc(OC)cc2)cc1. The molecule has 0 aliphatic heterocycles. The molecule has 2 aromatic carbocycles. The highest BCUT2D eigenvalue weighted by Crippen LogP contribution is 2.26. The highest BCUT2D eigenvalue weighted by molar-refractivity contribution is 8.00. The Bertz CT molecular complexity index is 698. The predicted octanol–water partition coefficient (Wildman–Crippen LogP) is 3.60. The fourth-order valence-electron chi connectivity index (χ4n) is 1.96. The van der Waals surface area contributed by atoms with E-state index in [4.69, 9.17) is 4.74 Å². The quantitative estimate of drug-likeness (QED) is 0.640. The number of thioether (sulfide) groups is 1. The number of amides is 1. The first kappa shape index (κ1) is 17.9. The van der Waals surface area contributed by atoms with Gasteiger partial charge >= 0.3 is 5.97 Å². The first-order valence-electron chi connectivity index (χ1n) is 7.33. The summed E-state index contributed by atoms with van der Waals surface area (Å²) in [4.78, 5) is 24.6. The van der Waals surface area contributed by atoms with Gasteiger partial charge in [0.1, 0.15) is 5.75 Å². The molecule has 1 amide bonds. The maximum Gasteiger partial charge on any atom is 0.337 e. The Hall–Kier alpha value is -2.47. The monoisotopic (exact) mass is 345 g/mol. The molecular formula is C18H19NO4S. The van der Waals surface area contributed by atoms with Crippen LogP contribution in [0.2, 0.25) is 0 Å². The van der Waals surface area contributed by atoms with Gasteiger partial charge in [0.15, 0.2) is 0 Å². The molecule has 6 heteroatoms. The summed E-state index contributed by atoms with van der Waals surface area (Å²) in [6, 6.07) is 14.1. The Labute approximate surface area is 145 Å². The van der Waals surface area contributed by atoms with Crippen molar-refractivity contribution in [2.24, 2.45) is 0 Å². The number of methoxy groups -OCH3 is 2. The van der Waals surface area contributed by atoms with Crippen molar-refractivity contribution in [1.29, 1.82) is 0 Å². The van der Waals surface area contributed by atoms with Gasteiger partial charge < -0.3 is 14.8 Å². The van der Waals surface area contributed by atoms with E-state index in [1.54, 1.807) is 31.4 Å². The number of hydrogen-bond donors (Lipinski definition) is 1. The number of carbonyl (C=O) groups excluding carboxylic acids is 2. The number of nitrogens with one attached hydrogen (secondary N) is 1. The van der Waals surface area contributed by atoms with Crippen LogP contribution < -0.4 is 10.1 Å². The van der Waals surface area contributed by atoms with Gasteiger partial charge in [-0.25, -0.2) is 4.79 Å². The van der Waals surface area contributed by atoms with Crippen molar-refractivity contribution >= 4 is 29.3 Å². The van der Waals surface area contributed by atoms with E-state index in [0.717, 1.165) is 10.6 Å². The molecule has 0 aliphatic carbocycles. The van der Waals surface area contributed by atoms with Crippen LogP contribution in [0.15, 0.2) is 53.4 Å². The second-order valence-corrected chi connectivity index (χ2v) is 6.41. The maximum absolute atomic E-state index is 12.3. The second-order valence-electron chi connectivity index (χ2n) is 4.99. The highest BCUT2D eigenvalue weighted by atomic mass is 32.2. The van der Waals surface area contributed by atoms with Crippen molar-refractivity contribution in [3.63, 3.8) is 0 Å². The molecule has 0 saturated heterocycles. The summed E-state index contributed by atoms with van der Waals surface area (Å²) in [6.45, 7) is 1.84. The number of carbonyl (C=O) groups is 2. The lowest BCUT2D eigenvalue weighted by Crippen LogP contribution is -2.22. The molecule has 0 heterocycles. The van der Waals surface area contributed by atoms with Gasteiger partial charge in [0.05, 0.1) is 25.0 Å². The van der Waals surface area contributed by atoms with E-state index in [1.165, 1.54) is 18.9 Å². The molecular weight excluding hydrogens is 326 g/mol. The predicted molar refractivity (Wildman–Crippen MR) is 94.7 cm³/mol. The largest absolute Gasteiger partial charge is 0.497 e. The third kappa shape index (κ3) is 4.76. The number of rotatable bonds is 6. The number of hydrogen-bond acceptors (Lipinski definition) is 5. The fourth-order valence-corrected chi connectivity index (χ4v) is 2.83. The Morgan fingerprint density at radius 3 is 2.17 bits per heavy atom. The number of ether oxygens (including phenoxy) is 2. The van der Waals surface area contributed by atoms with Crippen LogP contribution in [0.1, 0.15) is 17.3 Å². The van der Waals surface area contributed by atoms with Crippen molar-refractivity contribution in [2.45, 2.75) is 17.1 Å². The van der Waals surface area contributed by atoms with Gasteiger partial charge in [-0.3, -0.25) is 4.79 Å². The zero-order valence-electron chi connectivity index (χ0n) is 13.7. The highest BCUT2D eigenvalue weighted by Gasteiger charge is 2.15. The molecule has 0 aromatic heterocycles. The first-order chi connectivity index (χ1) is 11.5. The summed E-state index contributed by atoms with van der Waals surface area (Å²) < 4.78 is 9.75. The zero-order valence-corrected chi connectivity index (χ0v) is 14.6. The van der Waals surface area contributed by atoms with Crippen molar-refractivity contribution in [3.05, 3.63) is 54.1 Å². The topological polar surface area (TPSA) is 64.6 Å². The molecule has 2 rings (SSSR count). The second kappa shape index (κ2) is 8.40. The Balaban J connectivity index is 1.94. The maximum atomic E-state index is 12.3. The van der Waals surface area contributed by atoms with Crippen molar-refractivity contribution in [1.82, 2.24) is 0 Å². The third-order valence-electron chi connectivity index (χ3n) is 3.32. The molecule has 0 bridgehead atoms. The molecule has 0 radical (unpaired) electrons. The number of benzene rings is 2. The van der Waals surface area contributed by atoms with Gasteiger partial charge in [-0.1, -0.05) is 0 Å². The smallest absolute Gasteiger partial charge is 0.337 e. The zero-order chi connectivity index (χ0) is 17.5. The summed E-state index contributed by atoms with van der Waals surface area (Å²) in [5.74, 6) is 0.264. The van der Waals surface area contributed by atoms with Gasteiger partial charge in [0, 0.05) is 10.6 Å². The van der Waals surface area contributed by atoms with Crippen LogP contribution in [0, 0.1) is 0 Å². The minimum Gasteiger partial charge on any atom is -0.497 e. The lowest BCUT2D eigenvalue weighted by molar-refractivity contribution is -0.115. The number of anilines is 1. The van der Waals surface area contributed by atoms with Gasteiger partial charge in [-0.2, -0.15) is 0 Å². The molecule has 24 heavy (non-hydrogen) atoms. The van der Waals surface area contributed by atoms with Gasteiger partial charge in [0.2, 0.25) is 5.91 Å². The van der Waals surface area contributed by atoms with Crippen molar-refractivity contribution in [2.75, 3.05) is 19.5 Å². The molecule has 0 aliphatic rings. The van der Waals surface area contributed by atoms with E-state index in [-0.39, 0.29) is 11.2 Å². The van der Waals surface area contributed by atoms with E-state index < -0.39 is 5.97 Å². The van der Waals surface area contributed by atoms with Gasteiger partial charge in [-0.15, -0.1) is 11.8 Å². The average molecular weight is 345 g/mol. The minimum absolute atomic E-state index is 0.110. The molecule has 0 unspecified atom stereocenters. The van der Waals surface area contributed by atoms with Gasteiger partial charge in [-0.05, 0) is 55.5 Å². The molecule has 126 valence electrons. The first-order valence-corrected chi connectivity index (χ1v) is 8.21. The van der Waals surface area contributed by atoms with Crippen LogP contribution in [0.3, 0.4) is 0 Å². The summed E-state index contributed by atoms with van der Waals surface area (Å²) in [5.41, 5.74) is 1.07. The van der Waals surface area contributed by atoms with Crippen LogP contribution in [-0.4, -0.2) is 31.3 Å². The normalized spacial score (nSPS) is 11.5. The van der Waals surface area contributed by atoms with Crippen LogP contribution in [-0.2, 0) is 9.53 Å². The summed E-state index contributed by atoms with van der Waals surface area (Å²) in [7, 11) is 2.94. The standard InChI is InChI=1S/C18H19NO4S/c1-12(24-16-10-8-15(22-2)9-11-16)17(20)19-14-6-4-13(5-7-14)18(21)23-3/h4-12H,1-3H3,(H,19,20)/t12-/m0/s1. The summed E-state index contributed by atoms with van der Waals surface area (Å²) in [6.07, 6.45) is 0. The third-order valence-corrected chi connectivity index (χ3v) is 4.43. The molecule has 0 spiro atoms. The molecule has 0 saturated carbocycles. The lowest BCUT2D eigenvalue weighted by atomic mass is 10.2. The van der Waals surface area contributed by atoms with E-state index in [2.05, 4.69) is 10.1 Å². The van der Waals surface area contributed by atoms with E-state index in [9.17, 15) is 9.59 Å². The fraction of sp³-hybridized carbons (Fsp3) is 0.222. The molecule has 1 atom stereocenters. The Kier molecular flexibility index (Phi) is 6.26. The Morgan fingerprint density at radius 1 is 1.00 bits per heavy atom. The molecule has 2 aromatic rings. The van der Waals surface area contributed by atoms with Crippen LogP contribution >= 0.6 is 11.8 Å². The van der Waals surface area contributed by atoms with Crippen LogP contribution in [0.5, 0.6) is 5.75 Å². The summed E-state index contributed by atoms with van der Waals surface area (Å²) in [5, 5.41) is 2.57. The van der Waals surface area contributed by atoms with Crippen LogP contribution in [0.4, 0.5) is 5.69 Å². The van der Waals surface area contributed by atoms with Crippen molar-refractivity contribution in [3.8, 4) is 5.75 Å². The molecule has 5 nitrogen and oxygen atoms in total. The van der Waals surface area contributed by atoms with Crippen molar-refractivity contribution < 1.29 is 19.1 Å². The van der Waals surface area contributed by atoms with Crippen LogP contribution in [0.25, 0.3) is 0 Å².